The van der Waals surface area contributed by atoms with E-state index in [1.807, 2.05) is 0 Å². The van der Waals surface area contributed by atoms with Crippen molar-refractivity contribution < 1.29 is 0 Å². The van der Waals surface area contributed by atoms with Crippen LogP contribution in [0.3, 0.4) is 0 Å². The predicted molar refractivity (Wildman–Crippen MR) is 70.5 cm³/mol. The maximum absolute atomic E-state index is 5.62. The molecule has 0 nitrogen and oxygen atoms in total. The average Bonchev–Trinajstić information content (AvgIpc) is 2.29. The first-order chi connectivity index (χ1) is 7.56. The molecule has 2 rings (SSSR count). The van der Waals surface area contributed by atoms with E-state index in [4.69, 9.17) is 6.42 Å². The molecule has 0 atom stereocenters. The highest BCUT2D eigenvalue weighted by atomic mass is 14.2. The number of rotatable bonds is 1. The van der Waals surface area contributed by atoms with Gasteiger partial charge >= 0.3 is 0 Å². The highest BCUT2D eigenvalue weighted by Gasteiger charge is 2.19. The maximum atomic E-state index is 5.62. The van der Waals surface area contributed by atoms with Gasteiger partial charge in [-0.25, -0.2) is 0 Å². The van der Waals surface area contributed by atoms with Crippen LogP contribution in [0.2, 0.25) is 0 Å². The minimum absolute atomic E-state index is 0.215. The van der Waals surface area contributed by atoms with Crippen molar-refractivity contribution in [2.75, 3.05) is 0 Å². The number of terminal acetylenes is 1. The number of fused-ring (bicyclic) bond motifs is 1. The fourth-order valence-electron chi connectivity index (χ4n) is 2.07. The Morgan fingerprint density at radius 2 is 1.62 bits per heavy atom. The van der Waals surface area contributed by atoms with Crippen LogP contribution in [0.1, 0.15) is 25.0 Å². The van der Waals surface area contributed by atoms with Crippen molar-refractivity contribution in [2.45, 2.75) is 26.2 Å². The van der Waals surface area contributed by atoms with Crippen LogP contribution in [0.4, 0.5) is 0 Å². The van der Waals surface area contributed by atoms with Gasteiger partial charge in [0.2, 0.25) is 0 Å². The van der Waals surface area contributed by atoms with E-state index in [0.29, 0.717) is 0 Å². The minimum Gasteiger partial charge on any atom is -0.119 e. The topological polar surface area (TPSA) is 0 Å². The second kappa shape index (κ2) is 3.68. The molecule has 0 spiro atoms. The molecule has 0 radical (unpaired) electrons. The van der Waals surface area contributed by atoms with E-state index in [2.05, 4.69) is 63.1 Å². The highest BCUT2D eigenvalue weighted by Crippen LogP contribution is 2.31. The monoisotopic (exact) mass is 208 g/mol. The van der Waals surface area contributed by atoms with Gasteiger partial charge < -0.3 is 0 Å². The molecule has 0 aromatic heterocycles. The van der Waals surface area contributed by atoms with Crippen LogP contribution in [0.15, 0.2) is 36.4 Å². The van der Waals surface area contributed by atoms with Gasteiger partial charge in [-0.15, -0.1) is 6.42 Å². The molecule has 2 aromatic carbocycles. The van der Waals surface area contributed by atoms with Crippen LogP contribution in [-0.2, 0) is 5.41 Å². The minimum atomic E-state index is -0.215. The summed E-state index contributed by atoms with van der Waals surface area (Å²) in [5.74, 6) is 2.87. The van der Waals surface area contributed by atoms with E-state index in [1.165, 1.54) is 21.9 Å². The fraction of sp³-hybridized carbons (Fsp3) is 0.250. The van der Waals surface area contributed by atoms with Crippen molar-refractivity contribution in [3.63, 3.8) is 0 Å². The molecule has 0 N–H and O–H groups in total. The van der Waals surface area contributed by atoms with Crippen molar-refractivity contribution in [1.82, 2.24) is 0 Å². The Morgan fingerprint density at radius 1 is 1.00 bits per heavy atom. The fourth-order valence-corrected chi connectivity index (χ4v) is 2.07. The highest BCUT2D eigenvalue weighted by molar-refractivity contribution is 5.89. The Kier molecular flexibility index (Phi) is 2.48. The molecule has 0 aliphatic carbocycles. The Labute approximate surface area is 97.3 Å². The Balaban J connectivity index is 2.84. The van der Waals surface area contributed by atoms with Crippen LogP contribution in [0, 0.1) is 19.3 Å². The van der Waals surface area contributed by atoms with E-state index < -0.39 is 0 Å². The lowest BCUT2D eigenvalue weighted by molar-refractivity contribution is 0.706. The predicted octanol–water partition coefficient (Wildman–Crippen LogP) is 4.06. The lowest BCUT2D eigenvalue weighted by Crippen LogP contribution is -2.14. The largest absolute Gasteiger partial charge is 0.119 e. The summed E-state index contributed by atoms with van der Waals surface area (Å²) in [6.07, 6.45) is 5.62. The molecular formula is C16H16. The molecule has 0 saturated heterocycles. The SMILES string of the molecule is C#CC(C)(C)c1ccc(C)c2ccccc12. The van der Waals surface area contributed by atoms with Gasteiger partial charge in [0.05, 0.1) is 5.41 Å². The summed E-state index contributed by atoms with van der Waals surface area (Å²) in [4.78, 5) is 0. The summed E-state index contributed by atoms with van der Waals surface area (Å²) in [7, 11) is 0. The van der Waals surface area contributed by atoms with Crippen molar-refractivity contribution in [2.24, 2.45) is 0 Å². The molecule has 2 aromatic rings. The second-order valence-electron chi connectivity index (χ2n) is 4.74. The van der Waals surface area contributed by atoms with Crippen LogP contribution in [0.25, 0.3) is 10.8 Å². The molecule has 0 fully saturated rings. The first-order valence-electron chi connectivity index (χ1n) is 5.53. The zero-order chi connectivity index (χ0) is 11.8. The molecule has 80 valence electrons. The van der Waals surface area contributed by atoms with E-state index in [9.17, 15) is 0 Å². The third kappa shape index (κ3) is 1.59. The van der Waals surface area contributed by atoms with Crippen LogP contribution in [0.5, 0.6) is 0 Å². The molecule has 0 unspecified atom stereocenters. The third-order valence-corrected chi connectivity index (χ3v) is 3.18. The number of hydrogen-bond acceptors (Lipinski definition) is 0. The third-order valence-electron chi connectivity index (χ3n) is 3.18. The zero-order valence-electron chi connectivity index (χ0n) is 10.0. The normalized spacial score (nSPS) is 11.4. The Hall–Kier alpha value is -1.74. The Bertz CT molecular complexity index is 568. The number of hydrogen-bond donors (Lipinski definition) is 0. The van der Waals surface area contributed by atoms with Gasteiger partial charge in [-0.3, -0.25) is 0 Å². The summed E-state index contributed by atoms with van der Waals surface area (Å²) in [5, 5.41) is 2.56. The van der Waals surface area contributed by atoms with E-state index >= 15 is 0 Å². The molecule has 0 aliphatic heterocycles. The smallest absolute Gasteiger partial charge is 0.0510 e. The van der Waals surface area contributed by atoms with Crippen molar-refractivity contribution >= 4 is 10.8 Å². The van der Waals surface area contributed by atoms with Crippen LogP contribution >= 0.6 is 0 Å². The van der Waals surface area contributed by atoms with E-state index in [1.54, 1.807) is 0 Å². The molecule has 0 amide bonds. The number of benzene rings is 2. The van der Waals surface area contributed by atoms with E-state index in [0.717, 1.165) is 0 Å². The molecule has 16 heavy (non-hydrogen) atoms. The standard InChI is InChI=1S/C16H16/c1-5-16(3,4)15-11-10-12(2)13-8-6-7-9-14(13)15/h1,6-11H,2-4H3. The molecule has 0 bridgehead atoms. The summed E-state index contributed by atoms with van der Waals surface area (Å²) in [6, 6.07) is 12.7. The van der Waals surface area contributed by atoms with Gasteiger partial charge in [0, 0.05) is 0 Å². The second-order valence-corrected chi connectivity index (χ2v) is 4.74. The van der Waals surface area contributed by atoms with Gasteiger partial charge in [0.1, 0.15) is 0 Å². The van der Waals surface area contributed by atoms with Crippen molar-refractivity contribution in [1.29, 1.82) is 0 Å². The van der Waals surface area contributed by atoms with Crippen molar-refractivity contribution in [3.05, 3.63) is 47.5 Å². The van der Waals surface area contributed by atoms with Crippen LogP contribution in [-0.4, -0.2) is 0 Å². The van der Waals surface area contributed by atoms with Gasteiger partial charge in [-0.05, 0) is 42.7 Å². The van der Waals surface area contributed by atoms with Gasteiger partial charge in [0.25, 0.3) is 0 Å². The molecule has 0 heteroatoms. The summed E-state index contributed by atoms with van der Waals surface area (Å²) < 4.78 is 0. The molecule has 0 aliphatic rings. The first kappa shape index (κ1) is 10.8. The number of aryl methyl sites for hydroxylation is 1. The van der Waals surface area contributed by atoms with Crippen LogP contribution < -0.4 is 0 Å². The van der Waals surface area contributed by atoms with Crippen molar-refractivity contribution in [3.8, 4) is 12.3 Å². The summed E-state index contributed by atoms with van der Waals surface area (Å²) in [5.41, 5.74) is 2.32. The quantitative estimate of drug-likeness (QED) is 0.620. The van der Waals surface area contributed by atoms with Gasteiger partial charge in [-0.1, -0.05) is 42.3 Å². The lowest BCUT2D eigenvalue weighted by atomic mass is 9.82. The summed E-state index contributed by atoms with van der Waals surface area (Å²) in [6.45, 7) is 6.31. The lowest BCUT2D eigenvalue weighted by Gasteiger charge is -2.21. The first-order valence-corrected chi connectivity index (χ1v) is 5.53. The van der Waals surface area contributed by atoms with Gasteiger partial charge in [-0.2, -0.15) is 0 Å². The van der Waals surface area contributed by atoms with E-state index in [-0.39, 0.29) is 5.41 Å². The molecule has 0 heterocycles. The van der Waals surface area contributed by atoms with Gasteiger partial charge in [0.15, 0.2) is 0 Å². The Morgan fingerprint density at radius 3 is 2.25 bits per heavy atom. The summed E-state index contributed by atoms with van der Waals surface area (Å²) >= 11 is 0. The zero-order valence-corrected chi connectivity index (χ0v) is 10.0. The molecular weight excluding hydrogens is 192 g/mol. The molecule has 0 saturated carbocycles. The maximum Gasteiger partial charge on any atom is 0.0510 e. The average molecular weight is 208 g/mol.